The summed E-state index contributed by atoms with van der Waals surface area (Å²) < 4.78 is 10.3. The number of nitrogens with two attached hydrogens (primary N) is 1. The summed E-state index contributed by atoms with van der Waals surface area (Å²) in [7, 11) is 0. The Morgan fingerprint density at radius 3 is 2.80 bits per heavy atom. The normalized spacial score (nSPS) is 9.90. The van der Waals surface area contributed by atoms with Crippen molar-refractivity contribution < 1.29 is 19.1 Å². The highest BCUT2D eigenvalue weighted by molar-refractivity contribution is 7.99. The minimum atomic E-state index is -0.403. The first-order valence-corrected chi connectivity index (χ1v) is 7.30. The lowest BCUT2D eigenvalue weighted by atomic mass is 10.2. The highest BCUT2D eigenvalue weighted by Gasteiger charge is 2.10. The van der Waals surface area contributed by atoms with Crippen LogP contribution in [-0.4, -0.2) is 36.6 Å². The van der Waals surface area contributed by atoms with Crippen LogP contribution in [-0.2, 0) is 9.53 Å². The zero-order valence-corrected chi connectivity index (χ0v) is 12.1. The molecule has 0 saturated carbocycles. The van der Waals surface area contributed by atoms with Crippen LogP contribution in [0.3, 0.4) is 0 Å². The topological polar surface area (TPSA) is 90.6 Å². The van der Waals surface area contributed by atoms with Gasteiger partial charge in [0.05, 0.1) is 24.5 Å². The molecule has 0 heterocycles. The van der Waals surface area contributed by atoms with Gasteiger partial charge in [0, 0.05) is 5.75 Å². The van der Waals surface area contributed by atoms with Gasteiger partial charge >= 0.3 is 5.97 Å². The second-order valence-corrected chi connectivity index (χ2v) is 4.78. The van der Waals surface area contributed by atoms with Crippen LogP contribution in [0.2, 0.25) is 0 Å². The Morgan fingerprint density at radius 2 is 2.10 bits per heavy atom. The van der Waals surface area contributed by atoms with Crippen molar-refractivity contribution in [1.82, 2.24) is 5.43 Å². The molecule has 0 radical (unpaired) electrons. The first-order chi connectivity index (χ1) is 9.69. The predicted molar refractivity (Wildman–Crippen MR) is 77.5 cm³/mol. The van der Waals surface area contributed by atoms with Gasteiger partial charge in [-0.15, -0.1) is 11.8 Å². The summed E-state index contributed by atoms with van der Waals surface area (Å²) >= 11 is 1.42. The van der Waals surface area contributed by atoms with Crippen LogP contribution in [0.15, 0.2) is 24.3 Å². The van der Waals surface area contributed by atoms with E-state index in [2.05, 4.69) is 5.43 Å². The molecule has 0 bridgehead atoms. The van der Waals surface area contributed by atoms with Gasteiger partial charge in [-0.3, -0.25) is 15.0 Å². The quantitative estimate of drug-likeness (QED) is 0.244. The van der Waals surface area contributed by atoms with E-state index >= 15 is 0 Å². The number of carbonyl (C=O) groups excluding carboxylic acids is 2. The zero-order valence-electron chi connectivity index (χ0n) is 11.3. The van der Waals surface area contributed by atoms with E-state index in [9.17, 15) is 9.59 Å². The lowest BCUT2D eigenvalue weighted by Gasteiger charge is -2.10. The van der Waals surface area contributed by atoms with Gasteiger partial charge in [0.1, 0.15) is 5.75 Å². The number of rotatable bonds is 8. The first-order valence-electron chi connectivity index (χ1n) is 6.15. The SMILES string of the molecule is CCOC(=O)CSCCOc1ccccc1C(=O)NN. The van der Waals surface area contributed by atoms with Crippen LogP contribution < -0.4 is 16.0 Å². The number of hydrazine groups is 1. The van der Waals surface area contributed by atoms with Crippen molar-refractivity contribution in [2.75, 3.05) is 24.7 Å². The van der Waals surface area contributed by atoms with E-state index in [1.165, 1.54) is 11.8 Å². The Hall–Kier alpha value is -1.73. The van der Waals surface area contributed by atoms with Gasteiger partial charge in [0.25, 0.3) is 5.91 Å². The Labute approximate surface area is 122 Å². The molecule has 0 saturated heterocycles. The van der Waals surface area contributed by atoms with Gasteiger partial charge < -0.3 is 9.47 Å². The van der Waals surface area contributed by atoms with E-state index in [1.807, 2.05) is 0 Å². The summed E-state index contributed by atoms with van der Waals surface area (Å²) in [6.45, 7) is 2.54. The molecular weight excluding hydrogens is 280 g/mol. The van der Waals surface area contributed by atoms with Crippen LogP contribution in [0.25, 0.3) is 0 Å². The fourth-order valence-corrected chi connectivity index (χ4v) is 2.02. The summed E-state index contributed by atoms with van der Waals surface area (Å²) in [4.78, 5) is 22.6. The molecule has 3 N–H and O–H groups in total. The van der Waals surface area contributed by atoms with Crippen molar-refractivity contribution in [3.63, 3.8) is 0 Å². The van der Waals surface area contributed by atoms with Crippen molar-refractivity contribution >= 4 is 23.6 Å². The van der Waals surface area contributed by atoms with Gasteiger partial charge in [-0.2, -0.15) is 0 Å². The van der Waals surface area contributed by atoms with Crippen molar-refractivity contribution in [3.8, 4) is 5.75 Å². The molecule has 0 spiro atoms. The number of benzene rings is 1. The molecule has 1 rings (SSSR count). The van der Waals surface area contributed by atoms with Crippen LogP contribution in [0.4, 0.5) is 0 Å². The standard InChI is InChI=1S/C13H18N2O4S/c1-2-18-12(16)9-20-8-7-19-11-6-4-3-5-10(11)13(17)15-14/h3-6H,2,7-9,14H2,1H3,(H,15,17). The Kier molecular flexibility index (Phi) is 7.52. The third kappa shape index (κ3) is 5.50. The third-order valence-corrected chi connectivity index (χ3v) is 3.17. The fraction of sp³-hybridized carbons (Fsp3) is 0.385. The maximum Gasteiger partial charge on any atom is 0.315 e. The van der Waals surface area contributed by atoms with Crippen LogP contribution in [0.1, 0.15) is 17.3 Å². The number of para-hydroxylation sites is 1. The summed E-state index contributed by atoms with van der Waals surface area (Å²) in [5, 5.41) is 0. The molecule has 0 aliphatic heterocycles. The van der Waals surface area contributed by atoms with Crippen LogP contribution >= 0.6 is 11.8 Å². The first kappa shape index (κ1) is 16.3. The van der Waals surface area contributed by atoms with E-state index in [1.54, 1.807) is 31.2 Å². The lowest BCUT2D eigenvalue weighted by molar-refractivity contribution is -0.139. The number of thioether (sulfide) groups is 1. The summed E-state index contributed by atoms with van der Waals surface area (Å²) in [6.07, 6.45) is 0. The second kappa shape index (κ2) is 9.22. The largest absolute Gasteiger partial charge is 0.492 e. The number of nitrogens with one attached hydrogen (secondary N) is 1. The van der Waals surface area contributed by atoms with E-state index < -0.39 is 5.91 Å². The molecule has 0 unspecified atom stereocenters. The average Bonchev–Trinajstić information content (AvgIpc) is 2.47. The van der Waals surface area contributed by atoms with Crippen LogP contribution in [0, 0.1) is 0 Å². The molecule has 6 nitrogen and oxygen atoms in total. The Bertz CT molecular complexity index is 454. The molecular formula is C13H18N2O4S. The van der Waals surface area contributed by atoms with Crippen molar-refractivity contribution in [3.05, 3.63) is 29.8 Å². The van der Waals surface area contributed by atoms with Gasteiger partial charge in [0.2, 0.25) is 0 Å². The van der Waals surface area contributed by atoms with Gasteiger partial charge in [0.15, 0.2) is 0 Å². The van der Waals surface area contributed by atoms with Crippen LogP contribution in [0.5, 0.6) is 5.75 Å². The summed E-state index contributed by atoms with van der Waals surface area (Å²) in [6, 6.07) is 6.82. The highest BCUT2D eigenvalue weighted by atomic mass is 32.2. The molecule has 0 atom stereocenters. The molecule has 0 aliphatic carbocycles. The van der Waals surface area contributed by atoms with E-state index in [4.69, 9.17) is 15.3 Å². The van der Waals surface area contributed by atoms with E-state index in [0.29, 0.717) is 36.0 Å². The molecule has 20 heavy (non-hydrogen) atoms. The fourth-order valence-electron chi connectivity index (χ4n) is 1.43. The highest BCUT2D eigenvalue weighted by Crippen LogP contribution is 2.17. The molecule has 7 heteroatoms. The third-order valence-electron chi connectivity index (χ3n) is 2.27. The second-order valence-electron chi connectivity index (χ2n) is 3.68. The number of amides is 1. The number of esters is 1. The molecule has 0 fully saturated rings. The number of carbonyl (C=O) groups is 2. The monoisotopic (exact) mass is 298 g/mol. The number of hydrogen-bond acceptors (Lipinski definition) is 6. The van der Waals surface area contributed by atoms with Crippen molar-refractivity contribution in [2.45, 2.75) is 6.92 Å². The molecule has 1 aromatic carbocycles. The smallest absolute Gasteiger partial charge is 0.315 e. The predicted octanol–water partition coefficient (Wildman–Crippen LogP) is 0.965. The average molecular weight is 298 g/mol. The van der Waals surface area contributed by atoms with Crippen molar-refractivity contribution in [2.24, 2.45) is 5.84 Å². The molecule has 0 aliphatic rings. The van der Waals surface area contributed by atoms with Gasteiger partial charge in [-0.1, -0.05) is 12.1 Å². The molecule has 110 valence electrons. The minimum Gasteiger partial charge on any atom is -0.492 e. The number of nitrogen functional groups attached to an aromatic ring is 1. The molecule has 1 amide bonds. The van der Waals surface area contributed by atoms with Crippen molar-refractivity contribution in [1.29, 1.82) is 0 Å². The minimum absolute atomic E-state index is 0.236. The van der Waals surface area contributed by atoms with Gasteiger partial charge in [-0.05, 0) is 19.1 Å². The number of ether oxygens (including phenoxy) is 2. The maximum atomic E-state index is 11.5. The van der Waals surface area contributed by atoms with Gasteiger partial charge in [-0.25, -0.2) is 5.84 Å². The Morgan fingerprint density at radius 1 is 1.35 bits per heavy atom. The Balaban J connectivity index is 2.35. The number of hydrogen-bond donors (Lipinski definition) is 2. The molecule has 0 aromatic heterocycles. The molecule has 1 aromatic rings. The summed E-state index contributed by atoms with van der Waals surface area (Å²) in [5.74, 6) is 5.84. The maximum absolute atomic E-state index is 11.5. The van der Waals surface area contributed by atoms with E-state index in [-0.39, 0.29) is 5.97 Å². The summed E-state index contributed by atoms with van der Waals surface area (Å²) in [5.41, 5.74) is 2.45. The zero-order chi connectivity index (χ0) is 14.8. The lowest BCUT2D eigenvalue weighted by Crippen LogP contribution is -2.30. The van der Waals surface area contributed by atoms with E-state index in [0.717, 1.165) is 0 Å².